The van der Waals surface area contributed by atoms with E-state index in [1.54, 1.807) is 0 Å². The van der Waals surface area contributed by atoms with E-state index >= 15 is 0 Å². The molecule has 0 aliphatic rings. The molecule has 3 nitrogen and oxygen atoms in total. The number of ether oxygens (including phenoxy) is 1. The molecule has 1 aromatic carbocycles. The predicted molar refractivity (Wildman–Crippen MR) is 71.9 cm³/mol. The number of carbonyl (C=O) groups is 1. The molecule has 94 valence electrons. The molecule has 1 rings (SSSR count). The Hall–Kier alpha value is -1.03. The highest BCUT2D eigenvalue weighted by Crippen LogP contribution is 2.18. The molecule has 0 aromatic heterocycles. The van der Waals surface area contributed by atoms with Crippen molar-refractivity contribution in [2.45, 2.75) is 39.3 Å². The second-order valence-electron chi connectivity index (χ2n) is 4.92. The highest BCUT2D eigenvalue weighted by molar-refractivity contribution is 9.10. The standard InChI is InChI=1S/C13H18BrNO2/c1-9(10-6-5-7-11(14)8-10)15-12(16)17-13(2,3)4/h5-9H,1-4H3,(H,15,16)/t9-/m1/s1. The zero-order valence-corrected chi connectivity index (χ0v) is 12.2. The first-order valence-corrected chi connectivity index (χ1v) is 6.32. The molecule has 0 heterocycles. The van der Waals surface area contributed by atoms with Gasteiger partial charge < -0.3 is 10.1 Å². The van der Waals surface area contributed by atoms with Crippen LogP contribution < -0.4 is 5.32 Å². The van der Waals surface area contributed by atoms with Crippen molar-refractivity contribution in [2.24, 2.45) is 0 Å². The molecule has 1 atom stereocenters. The first-order chi connectivity index (χ1) is 7.78. The van der Waals surface area contributed by atoms with Crippen LogP contribution in [0, 0.1) is 0 Å². The number of amides is 1. The molecule has 1 aromatic rings. The molecule has 0 saturated heterocycles. The number of rotatable bonds is 2. The van der Waals surface area contributed by atoms with Gasteiger partial charge in [-0.15, -0.1) is 0 Å². The van der Waals surface area contributed by atoms with Crippen LogP contribution in [0.25, 0.3) is 0 Å². The lowest BCUT2D eigenvalue weighted by Crippen LogP contribution is -2.34. The minimum atomic E-state index is -0.471. The van der Waals surface area contributed by atoms with Gasteiger partial charge in [0.1, 0.15) is 5.60 Å². The van der Waals surface area contributed by atoms with Gasteiger partial charge in [0, 0.05) is 4.47 Å². The molecule has 0 saturated carbocycles. The van der Waals surface area contributed by atoms with Gasteiger partial charge in [0.15, 0.2) is 0 Å². The molecular formula is C13H18BrNO2. The number of hydrogen-bond acceptors (Lipinski definition) is 2. The van der Waals surface area contributed by atoms with E-state index in [0.717, 1.165) is 10.0 Å². The predicted octanol–water partition coefficient (Wildman–Crippen LogP) is 4.03. The van der Waals surface area contributed by atoms with Crippen molar-refractivity contribution in [3.05, 3.63) is 34.3 Å². The van der Waals surface area contributed by atoms with Crippen molar-refractivity contribution in [1.29, 1.82) is 0 Å². The lowest BCUT2D eigenvalue weighted by molar-refractivity contribution is 0.0508. The van der Waals surface area contributed by atoms with Gasteiger partial charge in [-0.3, -0.25) is 0 Å². The maximum absolute atomic E-state index is 11.6. The summed E-state index contributed by atoms with van der Waals surface area (Å²) in [4.78, 5) is 11.6. The van der Waals surface area contributed by atoms with E-state index in [1.165, 1.54) is 0 Å². The Bertz CT molecular complexity index is 399. The summed E-state index contributed by atoms with van der Waals surface area (Å²) in [5, 5.41) is 2.80. The Kier molecular flexibility index (Phi) is 4.57. The van der Waals surface area contributed by atoms with Crippen molar-refractivity contribution < 1.29 is 9.53 Å². The summed E-state index contributed by atoms with van der Waals surface area (Å²) in [5.41, 5.74) is 0.561. The molecular weight excluding hydrogens is 282 g/mol. The van der Waals surface area contributed by atoms with Gasteiger partial charge in [0.05, 0.1) is 6.04 Å². The zero-order chi connectivity index (χ0) is 13.1. The van der Waals surface area contributed by atoms with Crippen molar-refractivity contribution in [2.75, 3.05) is 0 Å². The van der Waals surface area contributed by atoms with Crippen LogP contribution in [0.1, 0.15) is 39.3 Å². The van der Waals surface area contributed by atoms with Gasteiger partial charge >= 0.3 is 6.09 Å². The summed E-state index contributed by atoms with van der Waals surface area (Å²) >= 11 is 3.40. The molecule has 0 aliphatic carbocycles. The lowest BCUT2D eigenvalue weighted by Gasteiger charge is -2.22. The lowest BCUT2D eigenvalue weighted by atomic mass is 10.1. The zero-order valence-electron chi connectivity index (χ0n) is 10.6. The Labute approximate surface area is 111 Å². The minimum Gasteiger partial charge on any atom is -0.444 e. The van der Waals surface area contributed by atoms with E-state index in [2.05, 4.69) is 21.2 Å². The number of halogens is 1. The normalized spacial score (nSPS) is 13.0. The number of hydrogen-bond donors (Lipinski definition) is 1. The number of carbonyl (C=O) groups excluding carboxylic acids is 1. The SMILES string of the molecule is C[C@@H](NC(=O)OC(C)(C)C)c1cccc(Br)c1. The molecule has 0 radical (unpaired) electrons. The summed E-state index contributed by atoms with van der Waals surface area (Å²) < 4.78 is 6.19. The maximum Gasteiger partial charge on any atom is 0.408 e. The van der Waals surface area contributed by atoms with Crippen LogP contribution in [-0.4, -0.2) is 11.7 Å². The second kappa shape index (κ2) is 5.54. The summed E-state index contributed by atoms with van der Waals surface area (Å²) in [5.74, 6) is 0. The fourth-order valence-electron chi connectivity index (χ4n) is 1.34. The average molecular weight is 300 g/mol. The van der Waals surface area contributed by atoms with Gasteiger partial charge in [0.25, 0.3) is 0 Å². The third kappa shape index (κ3) is 5.22. The van der Waals surface area contributed by atoms with Gasteiger partial charge in [-0.1, -0.05) is 28.1 Å². The molecule has 0 bridgehead atoms. The monoisotopic (exact) mass is 299 g/mol. The Balaban J connectivity index is 2.61. The molecule has 0 unspecified atom stereocenters. The third-order valence-corrected chi connectivity index (χ3v) is 2.58. The Morgan fingerprint density at radius 2 is 2.06 bits per heavy atom. The molecule has 0 aliphatic heterocycles. The molecule has 1 amide bonds. The summed E-state index contributed by atoms with van der Waals surface area (Å²) in [6, 6.07) is 7.74. The fraction of sp³-hybridized carbons (Fsp3) is 0.462. The number of nitrogens with one attached hydrogen (secondary N) is 1. The van der Waals surface area contributed by atoms with Crippen molar-refractivity contribution in [1.82, 2.24) is 5.32 Å². The van der Waals surface area contributed by atoms with E-state index < -0.39 is 11.7 Å². The summed E-state index contributed by atoms with van der Waals surface area (Å²) in [6.07, 6.45) is -0.398. The van der Waals surface area contributed by atoms with Crippen molar-refractivity contribution in [3.8, 4) is 0 Å². The topological polar surface area (TPSA) is 38.3 Å². The van der Waals surface area contributed by atoms with Crippen LogP contribution in [-0.2, 0) is 4.74 Å². The van der Waals surface area contributed by atoms with Crippen LogP contribution >= 0.6 is 15.9 Å². The van der Waals surface area contributed by atoms with E-state index in [4.69, 9.17) is 4.74 Å². The second-order valence-corrected chi connectivity index (χ2v) is 5.84. The quantitative estimate of drug-likeness (QED) is 0.895. The Morgan fingerprint density at radius 3 is 2.59 bits per heavy atom. The summed E-state index contributed by atoms with van der Waals surface area (Å²) in [7, 11) is 0. The summed E-state index contributed by atoms with van der Waals surface area (Å²) in [6.45, 7) is 7.45. The molecule has 0 spiro atoms. The van der Waals surface area contributed by atoms with Crippen LogP contribution in [0.15, 0.2) is 28.7 Å². The minimum absolute atomic E-state index is 0.0812. The highest BCUT2D eigenvalue weighted by Gasteiger charge is 2.18. The molecule has 17 heavy (non-hydrogen) atoms. The maximum atomic E-state index is 11.6. The van der Waals surface area contributed by atoms with Gasteiger partial charge in [-0.2, -0.15) is 0 Å². The van der Waals surface area contributed by atoms with Crippen molar-refractivity contribution >= 4 is 22.0 Å². The van der Waals surface area contributed by atoms with Crippen LogP contribution in [0.3, 0.4) is 0 Å². The number of alkyl carbamates (subject to hydrolysis) is 1. The third-order valence-electron chi connectivity index (χ3n) is 2.08. The van der Waals surface area contributed by atoms with Gasteiger partial charge in [-0.05, 0) is 45.4 Å². The van der Waals surface area contributed by atoms with Crippen LogP contribution in [0.5, 0.6) is 0 Å². The Morgan fingerprint density at radius 1 is 1.41 bits per heavy atom. The van der Waals surface area contributed by atoms with E-state index in [-0.39, 0.29) is 6.04 Å². The highest BCUT2D eigenvalue weighted by atomic mass is 79.9. The average Bonchev–Trinajstić information content (AvgIpc) is 2.14. The molecule has 1 N–H and O–H groups in total. The van der Waals surface area contributed by atoms with Gasteiger partial charge in [-0.25, -0.2) is 4.79 Å². The first-order valence-electron chi connectivity index (χ1n) is 5.53. The first kappa shape index (κ1) is 14.0. The molecule has 0 fully saturated rings. The van der Waals surface area contributed by atoms with E-state index in [1.807, 2.05) is 52.0 Å². The van der Waals surface area contributed by atoms with E-state index in [0.29, 0.717) is 0 Å². The fourth-order valence-corrected chi connectivity index (χ4v) is 1.76. The van der Waals surface area contributed by atoms with Crippen LogP contribution in [0.4, 0.5) is 4.79 Å². The number of benzene rings is 1. The van der Waals surface area contributed by atoms with E-state index in [9.17, 15) is 4.79 Å². The largest absolute Gasteiger partial charge is 0.444 e. The van der Waals surface area contributed by atoms with Crippen molar-refractivity contribution in [3.63, 3.8) is 0 Å². The smallest absolute Gasteiger partial charge is 0.408 e. The van der Waals surface area contributed by atoms with Crippen LogP contribution in [0.2, 0.25) is 0 Å². The molecule has 4 heteroatoms. The van der Waals surface area contributed by atoms with Gasteiger partial charge in [0.2, 0.25) is 0 Å².